The molecule has 1 aromatic rings. The summed E-state index contributed by atoms with van der Waals surface area (Å²) >= 11 is 3.06. The Morgan fingerprint density at radius 3 is 2.47 bits per heavy atom. The van der Waals surface area contributed by atoms with Gasteiger partial charge in [-0.15, -0.1) is 0 Å². The number of carboxylic acid groups (broad SMARTS) is 2. The zero-order valence-corrected chi connectivity index (χ0v) is 11.2. The van der Waals surface area contributed by atoms with Crippen LogP contribution in [0.5, 0.6) is 0 Å². The van der Waals surface area contributed by atoms with Crippen LogP contribution in [0.1, 0.15) is 16.8 Å². The molecule has 1 rings (SSSR count). The molecular weight excluding hydrogens is 320 g/mol. The molecule has 0 aliphatic rings. The molecule has 0 radical (unpaired) electrons. The molecule has 7 nitrogen and oxygen atoms in total. The van der Waals surface area contributed by atoms with Crippen molar-refractivity contribution in [2.45, 2.75) is 12.5 Å². The average molecular weight is 331 g/mol. The summed E-state index contributed by atoms with van der Waals surface area (Å²) in [4.78, 5) is 32.9. The molecule has 19 heavy (non-hydrogen) atoms. The fourth-order valence-electron chi connectivity index (χ4n) is 1.28. The zero-order valence-electron chi connectivity index (χ0n) is 9.59. The summed E-state index contributed by atoms with van der Waals surface area (Å²) in [6.45, 7) is 0. The SMILES string of the molecule is NC(CC(=O)O)C(=O)Nc1ccc(Br)c(C(=O)O)c1. The molecule has 0 bridgehead atoms. The van der Waals surface area contributed by atoms with Crippen LogP contribution in [0.15, 0.2) is 22.7 Å². The fourth-order valence-corrected chi connectivity index (χ4v) is 1.70. The standard InChI is InChI=1S/C11H11BrN2O5/c12-7-2-1-5(3-6(7)11(18)19)14-10(17)8(13)4-9(15)16/h1-3,8H,4,13H2,(H,14,17)(H,15,16)(H,18,19). The van der Waals surface area contributed by atoms with Crippen molar-refractivity contribution in [3.05, 3.63) is 28.2 Å². The summed E-state index contributed by atoms with van der Waals surface area (Å²) < 4.78 is 0.368. The van der Waals surface area contributed by atoms with Crippen molar-refractivity contribution in [1.29, 1.82) is 0 Å². The van der Waals surface area contributed by atoms with Crippen LogP contribution in [-0.4, -0.2) is 34.1 Å². The molecule has 1 unspecified atom stereocenters. The van der Waals surface area contributed by atoms with Gasteiger partial charge in [0.15, 0.2) is 0 Å². The molecule has 0 fully saturated rings. The Hall–Kier alpha value is -1.93. The van der Waals surface area contributed by atoms with Crippen LogP contribution >= 0.6 is 15.9 Å². The number of nitrogens with two attached hydrogens (primary N) is 1. The van der Waals surface area contributed by atoms with Crippen LogP contribution in [0.3, 0.4) is 0 Å². The van der Waals surface area contributed by atoms with Crippen LogP contribution in [0.4, 0.5) is 5.69 Å². The second-order valence-corrected chi connectivity index (χ2v) is 4.55. The third kappa shape index (κ3) is 4.34. The molecule has 1 amide bonds. The van der Waals surface area contributed by atoms with E-state index in [1.165, 1.54) is 18.2 Å². The van der Waals surface area contributed by atoms with Gasteiger partial charge in [0.05, 0.1) is 18.0 Å². The predicted octanol–water partition coefficient (Wildman–Crippen LogP) is 0.888. The molecule has 0 aliphatic heterocycles. The van der Waals surface area contributed by atoms with Gasteiger partial charge in [-0.05, 0) is 34.1 Å². The number of aromatic carboxylic acids is 1. The minimum atomic E-state index is -1.20. The van der Waals surface area contributed by atoms with Gasteiger partial charge in [0.2, 0.25) is 5.91 Å². The summed E-state index contributed by atoms with van der Waals surface area (Å²) in [6, 6.07) is 2.98. The summed E-state index contributed by atoms with van der Waals surface area (Å²) in [5.74, 6) is -3.04. The van der Waals surface area contributed by atoms with Crippen molar-refractivity contribution >= 4 is 39.5 Å². The summed E-state index contributed by atoms with van der Waals surface area (Å²) in [6.07, 6.45) is -0.506. The maximum atomic E-state index is 11.6. The van der Waals surface area contributed by atoms with E-state index in [9.17, 15) is 14.4 Å². The van der Waals surface area contributed by atoms with E-state index >= 15 is 0 Å². The molecular formula is C11H11BrN2O5. The number of carboxylic acids is 2. The van der Waals surface area contributed by atoms with Gasteiger partial charge in [0.25, 0.3) is 0 Å². The second kappa shape index (κ2) is 6.30. The highest BCUT2D eigenvalue weighted by molar-refractivity contribution is 9.10. The van der Waals surface area contributed by atoms with Crippen LogP contribution in [0, 0.1) is 0 Å². The zero-order chi connectivity index (χ0) is 14.6. The van der Waals surface area contributed by atoms with Gasteiger partial charge in [-0.3, -0.25) is 9.59 Å². The molecule has 0 saturated heterocycles. The minimum absolute atomic E-state index is 0.0235. The fraction of sp³-hybridized carbons (Fsp3) is 0.182. The molecule has 0 aromatic heterocycles. The van der Waals surface area contributed by atoms with Gasteiger partial charge in [0, 0.05) is 10.2 Å². The summed E-state index contributed by atoms with van der Waals surface area (Å²) in [7, 11) is 0. The quantitative estimate of drug-likeness (QED) is 0.634. The Bertz CT molecular complexity index is 532. The van der Waals surface area contributed by atoms with Gasteiger partial charge in [0.1, 0.15) is 0 Å². The lowest BCUT2D eigenvalue weighted by Gasteiger charge is -2.11. The van der Waals surface area contributed by atoms with E-state index in [-0.39, 0.29) is 11.3 Å². The topological polar surface area (TPSA) is 130 Å². The Balaban J connectivity index is 2.83. The van der Waals surface area contributed by atoms with Crippen molar-refractivity contribution in [2.75, 3.05) is 5.32 Å². The van der Waals surface area contributed by atoms with Crippen LogP contribution in [-0.2, 0) is 9.59 Å². The van der Waals surface area contributed by atoms with Crippen molar-refractivity contribution in [3.8, 4) is 0 Å². The molecule has 0 saturated carbocycles. The lowest BCUT2D eigenvalue weighted by atomic mass is 10.1. The third-order valence-corrected chi connectivity index (χ3v) is 2.89. The Kier molecular flexibility index (Phi) is 5.02. The van der Waals surface area contributed by atoms with E-state index in [0.717, 1.165) is 0 Å². The lowest BCUT2D eigenvalue weighted by molar-refractivity contribution is -0.138. The van der Waals surface area contributed by atoms with E-state index in [0.29, 0.717) is 4.47 Å². The minimum Gasteiger partial charge on any atom is -0.481 e. The number of aliphatic carboxylic acids is 1. The van der Waals surface area contributed by atoms with Crippen LogP contribution in [0.2, 0.25) is 0 Å². The number of hydrogen-bond acceptors (Lipinski definition) is 4. The van der Waals surface area contributed by atoms with E-state index in [1.54, 1.807) is 0 Å². The van der Waals surface area contributed by atoms with Gasteiger partial charge in [-0.25, -0.2) is 4.79 Å². The number of anilines is 1. The van der Waals surface area contributed by atoms with Crippen LogP contribution < -0.4 is 11.1 Å². The van der Waals surface area contributed by atoms with E-state index in [2.05, 4.69) is 21.2 Å². The van der Waals surface area contributed by atoms with Gasteiger partial charge < -0.3 is 21.3 Å². The third-order valence-electron chi connectivity index (χ3n) is 2.20. The molecule has 0 heterocycles. The van der Waals surface area contributed by atoms with Crippen molar-refractivity contribution in [3.63, 3.8) is 0 Å². The number of halogens is 1. The predicted molar refractivity (Wildman–Crippen MR) is 70.0 cm³/mol. The Labute approximate surface area is 116 Å². The maximum Gasteiger partial charge on any atom is 0.336 e. The monoisotopic (exact) mass is 330 g/mol. The van der Waals surface area contributed by atoms with Gasteiger partial charge in [-0.1, -0.05) is 0 Å². The maximum absolute atomic E-state index is 11.6. The lowest BCUT2D eigenvalue weighted by Crippen LogP contribution is -2.37. The molecule has 8 heteroatoms. The normalized spacial score (nSPS) is 11.7. The smallest absolute Gasteiger partial charge is 0.336 e. The average Bonchev–Trinajstić information content (AvgIpc) is 2.30. The van der Waals surface area contributed by atoms with Gasteiger partial charge in [-0.2, -0.15) is 0 Å². The van der Waals surface area contributed by atoms with E-state index in [4.69, 9.17) is 15.9 Å². The number of nitrogens with one attached hydrogen (secondary N) is 1. The van der Waals surface area contributed by atoms with Crippen molar-refractivity contribution in [1.82, 2.24) is 0 Å². The molecule has 0 spiro atoms. The second-order valence-electron chi connectivity index (χ2n) is 3.69. The molecule has 1 aromatic carbocycles. The number of rotatable bonds is 5. The number of amides is 1. The summed E-state index contributed by atoms with van der Waals surface area (Å²) in [5, 5.41) is 19.8. The molecule has 0 aliphatic carbocycles. The highest BCUT2D eigenvalue weighted by Gasteiger charge is 2.18. The number of benzene rings is 1. The first kappa shape index (κ1) is 15.1. The first-order valence-electron chi connectivity index (χ1n) is 5.12. The summed E-state index contributed by atoms with van der Waals surface area (Å²) in [5.41, 5.74) is 5.58. The van der Waals surface area contributed by atoms with E-state index in [1.807, 2.05) is 0 Å². The molecule has 5 N–H and O–H groups in total. The Morgan fingerprint density at radius 2 is 1.95 bits per heavy atom. The Morgan fingerprint density at radius 1 is 1.32 bits per heavy atom. The van der Waals surface area contributed by atoms with Crippen LogP contribution in [0.25, 0.3) is 0 Å². The largest absolute Gasteiger partial charge is 0.481 e. The van der Waals surface area contributed by atoms with Gasteiger partial charge >= 0.3 is 11.9 Å². The first-order valence-corrected chi connectivity index (χ1v) is 5.91. The van der Waals surface area contributed by atoms with E-state index < -0.39 is 30.3 Å². The first-order chi connectivity index (χ1) is 8.81. The number of carbonyl (C=O) groups is 3. The number of hydrogen-bond donors (Lipinski definition) is 4. The highest BCUT2D eigenvalue weighted by Crippen LogP contribution is 2.21. The van der Waals surface area contributed by atoms with Crippen molar-refractivity contribution < 1.29 is 24.6 Å². The molecule has 102 valence electrons. The number of carbonyl (C=O) groups excluding carboxylic acids is 1. The highest BCUT2D eigenvalue weighted by atomic mass is 79.9. The molecule has 1 atom stereocenters. The van der Waals surface area contributed by atoms with Crippen molar-refractivity contribution in [2.24, 2.45) is 5.73 Å².